The van der Waals surface area contributed by atoms with Gasteiger partial charge in [0, 0.05) is 10.9 Å². The maximum absolute atomic E-state index is 11.6. The van der Waals surface area contributed by atoms with Crippen molar-refractivity contribution in [2.24, 2.45) is 0 Å². The highest BCUT2D eigenvalue weighted by Gasteiger charge is 2.15. The minimum atomic E-state index is -1.04. The Labute approximate surface area is 124 Å². The molecule has 21 heavy (non-hydrogen) atoms. The highest BCUT2D eigenvalue weighted by molar-refractivity contribution is 7.14. The lowest BCUT2D eigenvalue weighted by Gasteiger charge is -2.05. The third-order valence-electron chi connectivity index (χ3n) is 2.50. The van der Waals surface area contributed by atoms with E-state index in [0.29, 0.717) is 11.6 Å². The van der Waals surface area contributed by atoms with Gasteiger partial charge in [-0.05, 0) is 19.9 Å². The minimum Gasteiger partial charge on any atom is -0.491 e. The van der Waals surface area contributed by atoms with Crippen molar-refractivity contribution in [3.63, 3.8) is 0 Å². The number of ether oxygens (including phenoxy) is 1. The summed E-state index contributed by atoms with van der Waals surface area (Å²) in [6.45, 7) is 3.60. The number of carbonyl (C=O) groups is 2. The highest BCUT2D eigenvalue weighted by Crippen LogP contribution is 2.28. The molecule has 7 nitrogen and oxygen atoms in total. The summed E-state index contributed by atoms with van der Waals surface area (Å²) in [5, 5.41) is 15.2. The molecule has 0 saturated carbocycles. The van der Waals surface area contributed by atoms with E-state index in [2.05, 4.69) is 10.5 Å². The molecule has 0 bridgehead atoms. The Kier molecular flexibility index (Phi) is 4.59. The minimum absolute atomic E-state index is 0.0825. The van der Waals surface area contributed by atoms with Crippen molar-refractivity contribution in [1.29, 1.82) is 0 Å². The second-order valence-electron chi connectivity index (χ2n) is 4.33. The van der Waals surface area contributed by atoms with Gasteiger partial charge in [0.15, 0.2) is 10.7 Å². The van der Waals surface area contributed by atoms with E-state index in [1.54, 1.807) is 26.0 Å². The molecule has 0 fully saturated rings. The molecule has 0 aliphatic rings. The predicted molar refractivity (Wildman–Crippen MR) is 76.0 cm³/mol. The van der Waals surface area contributed by atoms with Gasteiger partial charge in [-0.3, -0.25) is 4.79 Å². The molecule has 0 atom stereocenters. The van der Waals surface area contributed by atoms with Crippen LogP contribution in [0.1, 0.15) is 26.7 Å². The number of carbonyl (C=O) groups excluding carboxylic acids is 1. The lowest BCUT2D eigenvalue weighted by molar-refractivity contribution is -0.116. The molecule has 1 amide bonds. The van der Waals surface area contributed by atoms with Gasteiger partial charge in [0.1, 0.15) is 11.5 Å². The average molecular weight is 310 g/mol. The molecule has 2 heterocycles. The molecule has 2 N–H and O–H groups in total. The Balaban J connectivity index is 1.84. The number of rotatable bonds is 6. The average Bonchev–Trinajstić information content (AvgIpc) is 2.96. The number of nitrogens with zero attached hydrogens (tertiary/aromatic N) is 1. The quantitative estimate of drug-likeness (QED) is 0.849. The van der Waals surface area contributed by atoms with Crippen LogP contribution in [0.15, 0.2) is 16.7 Å². The fraction of sp³-hybridized carbons (Fsp3) is 0.308. The number of carboxylic acid groups (broad SMARTS) is 1. The van der Waals surface area contributed by atoms with E-state index in [1.807, 2.05) is 0 Å². The molecule has 0 radical (unpaired) electrons. The molecule has 0 aliphatic carbocycles. The first-order chi connectivity index (χ1) is 9.95. The number of aromatic carboxylic acids is 1. The number of nitrogens with one attached hydrogen (secondary N) is 1. The summed E-state index contributed by atoms with van der Waals surface area (Å²) in [4.78, 5) is 23.6. The molecule has 112 valence electrons. The van der Waals surface area contributed by atoms with Crippen molar-refractivity contribution in [1.82, 2.24) is 5.16 Å². The Hall–Kier alpha value is -2.35. The van der Waals surface area contributed by atoms with E-state index in [4.69, 9.17) is 14.4 Å². The molecule has 0 saturated heterocycles. The number of carboxylic acids is 1. The van der Waals surface area contributed by atoms with Crippen LogP contribution in [0.25, 0.3) is 0 Å². The van der Waals surface area contributed by atoms with Gasteiger partial charge >= 0.3 is 5.97 Å². The van der Waals surface area contributed by atoms with E-state index in [0.717, 1.165) is 16.2 Å². The molecule has 2 aromatic rings. The van der Waals surface area contributed by atoms with Crippen molar-refractivity contribution in [2.75, 3.05) is 11.9 Å². The van der Waals surface area contributed by atoms with E-state index >= 15 is 0 Å². The molecule has 0 aromatic carbocycles. The van der Waals surface area contributed by atoms with Crippen LogP contribution in [-0.4, -0.2) is 28.7 Å². The number of aromatic nitrogens is 1. The number of aryl methyl sites for hydroxylation is 2. The van der Waals surface area contributed by atoms with Crippen LogP contribution < -0.4 is 10.1 Å². The molecule has 2 rings (SSSR count). The van der Waals surface area contributed by atoms with Crippen LogP contribution in [0, 0.1) is 13.8 Å². The van der Waals surface area contributed by atoms with E-state index in [9.17, 15) is 9.59 Å². The van der Waals surface area contributed by atoms with E-state index in [-0.39, 0.29) is 29.6 Å². The molecular weight excluding hydrogens is 296 g/mol. The van der Waals surface area contributed by atoms with Gasteiger partial charge in [-0.25, -0.2) is 4.79 Å². The smallest absolute Gasteiger partial charge is 0.349 e. The van der Waals surface area contributed by atoms with Crippen LogP contribution in [0.5, 0.6) is 5.75 Å². The first kappa shape index (κ1) is 15.0. The lowest BCUT2D eigenvalue weighted by atomic mass is 10.4. The van der Waals surface area contributed by atoms with Crippen LogP contribution in [0.2, 0.25) is 0 Å². The predicted octanol–water partition coefficient (Wildman–Crippen LogP) is 2.46. The molecule has 8 heteroatoms. The Morgan fingerprint density at radius 3 is 2.81 bits per heavy atom. The van der Waals surface area contributed by atoms with Crippen molar-refractivity contribution in [2.45, 2.75) is 20.3 Å². The molecule has 0 aliphatic heterocycles. The Morgan fingerprint density at radius 1 is 1.43 bits per heavy atom. The number of hydrogen-bond acceptors (Lipinski definition) is 6. The summed E-state index contributed by atoms with van der Waals surface area (Å²) in [5.41, 5.74) is 0. The maximum atomic E-state index is 11.6. The zero-order chi connectivity index (χ0) is 15.4. The fourth-order valence-electron chi connectivity index (χ4n) is 1.63. The summed E-state index contributed by atoms with van der Waals surface area (Å²) < 4.78 is 10.2. The summed E-state index contributed by atoms with van der Waals surface area (Å²) >= 11 is 1.14. The first-order valence-corrected chi connectivity index (χ1v) is 6.97. The lowest BCUT2D eigenvalue weighted by Crippen LogP contribution is -2.15. The summed E-state index contributed by atoms with van der Waals surface area (Å²) in [7, 11) is 0. The maximum Gasteiger partial charge on any atom is 0.349 e. The van der Waals surface area contributed by atoms with Crippen LogP contribution in [-0.2, 0) is 4.79 Å². The van der Waals surface area contributed by atoms with Crippen LogP contribution in [0.4, 0.5) is 5.82 Å². The third kappa shape index (κ3) is 4.06. The van der Waals surface area contributed by atoms with E-state index in [1.165, 1.54) is 0 Å². The zero-order valence-corrected chi connectivity index (χ0v) is 12.3. The number of anilines is 1. The number of amides is 1. The SMILES string of the molecule is Cc1cc(NC(=O)CCOc2cc(C)sc2C(=O)O)no1. The van der Waals surface area contributed by atoms with Gasteiger partial charge in [-0.1, -0.05) is 5.16 Å². The third-order valence-corrected chi connectivity index (χ3v) is 3.52. The second kappa shape index (κ2) is 6.40. The van der Waals surface area contributed by atoms with Crippen molar-refractivity contribution < 1.29 is 24.0 Å². The molecule has 2 aromatic heterocycles. The monoisotopic (exact) mass is 310 g/mol. The molecular formula is C13H14N2O5S. The Bertz CT molecular complexity index is 661. The standard InChI is InChI=1S/C13H14N2O5S/c1-7-5-10(15-20-7)14-11(16)3-4-19-9-6-8(2)21-12(9)13(17)18/h5-6H,3-4H2,1-2H3,(H,17,18)(H,14,15,16). The van der Waals surface area contributed by atoms with Gasteiger partial charge in [0.2, 0.25) is 5.91 Å². The van der Waals surface area contributed by atoms with Crippen molar-refractivity contribution >= 4 is 29.0 Å². The van der Waals surface area contributed by atoms with Crippen molar-refractivity contribution in [3.05, 3.63) is 27.6 Å². The fourth-order valence-corrected chi connectivity index (χ4v) is 2.43. The molecule has 0 spiro atoms. The topological polar surface area (TPSA) is 102 Å². The summed E-state index contributed by atoms with van der Waals surface area (Å²) in [6.07, 6.45) is 0.0832. The highest BCUT2D eigenvalue weighted by atomic mass is 32.1. The second-order valence-corrected chi connectivity index (χ2v) is 5.58. The van der Waals surface area contributed by atoms with Gasteiger partial charge in [-0.2, -0.15) is 0 Å². The zero-order valence-electron chi connectivity index (χ0n) is 11.5. The van der Waals surface area contributed by atoms with Crippen LogP contribution >= 0.6 is 11.3 Å². The van der Waals surface area contributed by atoms with Crippen LogP contribution in [0.3, 0.4) is 0 Å². The number of hydrogen-bond donors (Lipinski definition) is 2. The van der Waals surface area contributed by atoms with E-state index < -0.39 is 5.97 Å². The van der Waals surface area contributed by atoms with Crippen molar-refractivity contribution in [3.8, 4) is 5.75 Å². The normalized spacial score (nSPS) is 10.4. The van der Waals surface area contributed by atoms with Gasteiger partial charge in [-0.15, -0.1) is 11.3 Å². The first-order valence-electron chi connectivity index (χ1n) is 6.15. The molecule has 0 unspecified atom stereocenters. The Morgan fingerprint density at radius 2 is 2.19 bits per heavy atom. The van der Waals surface area contributed by atoms with Gasteiger partial charge < -0.3 is 19.7 Å². The van der Waals surface area contributed by atoms with Gasteiger partial charge in [0.05, 0.1) is 13.0 Å². The summed E-state index contributed by atoms with van der Waals surface area (Å²) in [6, 6.07) is 3.25. The van der Waals surface area contributed by atoms with Gasteiger partial charge in [0.25, 0.3) is 0 Å². The number of thiophene rings is 1. The summed E-state index contributed by atoms with van der Waals surface area (Å²) in [5.74, 6) is -0.0932. The largest absolute Gasteiger partial charge is 0.491 e.